The minimum atomic E-state index is 0.909. The van der Waals surface area contributed by atoms with Gasteiger partial charge in [0, 0.05) is 57.1 Å². The van der Waals surface area contributed by atoms with E-state index in [2.05, 4.69) is 132 Å². The lowest BCUT2D eigenvalue weighted by atomic mass is 9.82. The van der Waals surface area contributed by atoms with Crippen LogP contribution in [0.25, 0.3) is 77.0 Å². The summed E-state index contributed by atoms with van der Waals surface area (Å²) in [5.41, 5.74) is 13.2. The fourth-order valence-electron chi connectivity index (χ4n) is 6.92. The Morgan fingerprint density at radius 3 is 1.29 bits per heavy atom. The van der Waals surface area contributed by atoms with E-state index < -0.39 is 0 Å². The fourth-order valence-corrected chi connectivity index (χ4v) is 6.92. The van der Waals surface area contributed by atoms with Crippen molar-refractivity contribution in [3.63, 3.8) is 0 Å². The second-order valence-electron chi connectivity index (χ2n) is 10.3. The summed E-state index contributed by atoms with van der Waals surface area (Å²) in [6, 6.07) is 40.3. The minimum absolute atomic E-state index is 0.909. The molecule has 0 radical (unpaired) electrons. The lowest BCUT2D eigenvalue weighted by Crippen LogP contribution is -2.12. The molecular formula is C36H28N2. The van der Waals surface area contributed by atoms with E-state index >= 15 is 0 Å². The molecule has 38 heavy (non-hydrogen) atoms. The molecule has 0 atom stereocenters. The Bertz CT molecular complexity index is 1920. The number of benzene rings is 6. The van der Waals surface area contributed by atoms with E-state index in [0.29, 0.717) is 0 Å². The lowest BCUT2D eigenvalue weighted by molar-refractivity contribution is 0.813. The van der Waals surface area contributed by atoms with Crippen molar-refractivity contribution in [2.24, 2.45) is 0 Å². The molecule has 0 amide bonds. The molecular weight excluding hydrogens is 460 g/mol. The number of pyridine rings is 2. The molecule has 0 aromatic heterocycles. The zero-order valence-electron chi connectivity index (χ0n) is 21.7. The van der Waals surface area contributed by atoms with Crippen molar-refractivity contribution in [2.75, 3.05) is 0 Å². The second kappa shape index (κ2) is 7.97. The van der Waals surface area contributed by atoms with Crippen LogP contribution in [0.2, 0.25) is 0 Å². The van der Waals surface area contributed by atoms with Crippen LogP contribution >= 0.6 is 0 Å². The highest BCUT2D eigenvalue weighted by molar-refractivity contribution is 6.29. The molecule has 6 aromatic rings. The Kier molecular flexibility index (Phi) is 4.51. The van der Waals surface area contributed by atoms with E-state index in [0.717, 1.165) is 13.1 Å². The number of hydrogen-bond donors (Lipinski definition) is 0. The van der Waals surface area contributed by atoms with E-state index in [-0.39, 0.29) is 0 Å². The van der Waals surface area contributed by atoms with Crippen LogP contribution in [0.4, 0.5) is 0 Å². The van der Waals surface area contributed by atoms with Gasteiger partial charge in [0.2, 0.25) is 0 Å². The number of aryl methyl sites for hydroxylation is 2. The van der Waals surface area contributed by atoms with Crippen molar-refractivity contribution >= 4 is 43.6 Å². The molecule has 2 nitrogen and oxygen atoms in total. The Morgan fingerprint density at radius 2 is 0.895 bits per heavy atom. The van der Waals surface area contributed by atoms with Gasteiger partial charge in [0.1, 0.15) is 0 Å². The molecule has 0 N–H and O–H groups in total. The molecule has 2 heterocycles. The average molecular weight is 489 g/mol. The van der Waals surface area contributed by atoms with Crippen LogP contribution in [0, 0.1) is 0 Å². The first-order valence-corrected chi connectivity index (χ1v) is 13.7. The quantitative estimate of drug-likeness (QED) is 0.172. The van der Waals surface area contributed by atoms with Gasteiger partial charge in [-0.05, 0) is 60.0 Å². The Hall–Kier alpha value is -4.56. The molecule has 0 saturated heterocycles. The van der Waals surface area contributed by atoms with Gasteiger partial charge < -0.3 is 9.13 Å². The Morgan fingerprint density at radius 1 is 0.474 bits per heavy atom. The second-order valence-corrected chi connectivity index (χ2v) is 10.3. The van der Waals surface area contributed by atoms with Crippen LogP contribution in [0.5, 0.6) is 0 Å². The third kappa shape index (κ3) is 2.72. The van der Waals surface area contributed by atoms with E-state index in [1.807, 2.05) is 0 Å². The van der Waals surface area contributed by atoms with Gasteiger partial charge in [-0.1, -0.05) is 84.9 Å². The summed E-state index contributed by atoms with van der Waals surface area (Å²) < 4.78 is 5.10. The van der Waals surface area contributed by atoms with Gasteiger partial charge in [-0.25, -0.2) is 0 Å². The molecule has 6 aromatic carbocycles. The number of nitrogens with zero attached hydrogens (tertiary/aromatic N) is 2. The van der Waals surface area contributed by atoms with Crippen LogP contribution in [-0.2, 0) is 13.1 Å². The van der Waals surface area contributed by atoms with Crippen LogP contribution in [0.1, 0.15) is 13.8 Å². The SMILES string of the molecule is CCn1c2c(-c3ccccc3)cc3cccc4c3c2-c2c3c(cccc31)cc(-c1ccccc1)c2n4CC. The molecule has 8 rings (SSSR count). The maximum Gasteiger partial charge on any atom is 0.0578 e. The summed E-state index contributed by atoms with van der Waals surface area (Å²) in [5, 5.41) is 5.35. The van der Waals surface area contributed by atoms with Gasteiger partial charge in [-0.3, -0.25) is 0 Å². The van der Waals surface area contributed by atoms with Crippen molar-refractivity contribution < 1.29 is 0 Å². The number of aromatic nitrogens is 2. The minimum Gasteiger partial charge on any atom is -0.340 e. The van der Waals surface area contributed by atoms with Gasteiger partial charge in [0.15, 0.2) is 0 Å². The summed E-state index contributed by atoms with van der Waals surface area (Å²) in [5.74, 6) is 0. The Balaban J connectivity index is 1.74. The topological polar surface area (TPSA) is 9.86 Å². The number of rotatable bonds is 4. The van der Waals surface area contributed by atoms with Crippen molar-refractivity contribution in [1.29, 1.82) is 0 Å². The highest BCUT2D eigenvalue weighted by Crippen LogP contribution is 2.52. The molecule has 0 spiro atoms. The van der Waals surface area contributed by atoms with Crippen LogP contribution in [0.3, 0.4) is 0 Å². The van der Waals surface area contributed by atoms with Gasteiger partial charge in [-0.2, -0.15) is 0 Å². The third-order valence-electron chi connectivity index (χ3n) is 8.41. The lowest BCUT2D eigenvalue weighted by Gasteiger charge is -2.31. The normalized spacial score (nSPS) is 12.2. The molecule has 0 fully saturated rings. The molecule has 0 unspecified atom stereocenters. The monoisotopic (exact) mass is 488 g/mol. The molecule has 0 saturated carbocycles. The van der Waals surface area contributed by atoms with Crippen molar-refractivity contribution in [3.05, 3.63) is 109 Å². The molecule has 2 aliphatic rings. The summed E-state index contributed by atoms with van der Waals surface area (Å²) in [6.45, 7) is 6.38. The van der Waals surface area contributed by atoms with Gasteiger partial charge in [0.05, 0.1) is 11.0 Å². The zero-order valence-corrected chi connectivity index (χ0v) is 21.7. The molecule has 2 aliphatic heterocycles. The predicted molar refractivity (Wildman–Crippen MR) is 162 cm³/mol. The van der Waals surface area contributed by atoms with E-state index in [1.54, 1.807) is 0 Å². The largest absolute Gasteiger partial charge is 0.340 e. The maximum absolute atomic E-state index is 2.55. The van der Waals surface area contributed by atoms with E-state index in [1.165, 1.54) is 77.0 Å². The van der Waals surface area contributed by atoms with Gasteiger partial charge >= 0.3 is 0 Å². The molecule has 0 aliphatic carbocycles. The zero-order chi connectivity index (χ0) is 25.4. The molecule has 182 valence electrons. The highest BCUT2D eigenvalue weighted by Gasteiger charge is 2.29. The summed E-state index contributed by atoms with van der Waals surface area (Å²) in [6.07, 6.45) is 0. The van der Waals surface area contributed by atoms with Crippen LogP contribution in [0.15, 0.2) is 109 Å². The number of hydrogen-bond acceptors (Lipinski definition) is 0. The van der Waals surface area contributed by atoms with Crippen molar-refractivity contribution in [2.45, 2.75) is 26.9 Å². The van der Waals surface area contributed by atoms with Crippen LogP contribution < -0.4 is 0 Å². The third-order valence-corrected chi connectivity index (χ3v) is 8.41. The van der Waals surface area contributed by atoms with Gasteiger partial charge in [-0.15, -0.1) is 0 Å². The molecule has 0 bridgehead atoms. The summed E-state index contributed by atoms with van der Waals surface area (Å²) in [7, 11) is 0. The van der Waals surface area contributed by atoms with E-state index in [9.17, 15) is 0 Å². The average Bonchev–Trinajstić information content (AvgIpc) is 2.98. The maximum atomic E-state index is 2.55. The van der Waals surface area contributed by atoms with Crippen molar-refractivity contribution in [3.8, 4) is 33.4 Å². The van der Waals surface area contributed by atoms with Crippen LogP contribution in [-0.4, -0.2) is 9.13 Å². The highest BCUT2D eigenvalue weighted by atomic mass is 15.0. The molecule has 2 heteroatoms. The smallest absolute Gasteiger partial charge is 0.0578 e. The fraction of sp³-hybridized carbons (Fsp3) is 0.111. The first kappa shape index (κ1) is 21.5. The first-order valence-electron chi connectivity index (χ1n) is 13.7. The van der Waals surface area contributed by atoms with Crippen molar-refractivity contribution in [1.82, 2.24) is 9.13 Å². The summed E-state index contributed by atoms with van der Waals surface area (Å²) in [4.78, 5) is 0. The van der Waals surface area contributed by atoms with E-state index in [4.69, 9.17) is 0 Å². The Labute approximate surface area is 222 Å². The standard InChI is InChI=1S/C36H28N2/c1-3-37-29-19-11-17-25-22-28(24-15-9-6-10-16-24)36-34(31(25)29)33-32-26(18-12-20-30(32)38(36)4-2)21-27(35(33)37)23-13-7-5-8-14-23/h5-22H,3-4H2,1-2H3. The van der Waals surface area contributed by atoms with Gasteiger partial charge in [0.25, 0.3) is 0 Å². The first-order chi connectivity index (χ1) is 18.8. The summed E-state index contributed by atoms with van der Waals surface area (Å²) >= 11 is 0. The predicted octanol–water partition coefficient (Wildman–Crippen LogP) is 9.82.